The van der Waals surface area contributed by atoms with Crippen LogP contribution in [0.25, 0.3) is 0 Å². The second-order valence-electron chi connectivity index (χ2n) is 6.87. The maximum Gasteiger partial charge on any atom is 0.327 e. The summed E-state index contributed by atoms with van der Waals surface area (Å²) in [5.74, 6) is 0.378. The Morgan fingerprint density at radius 2 is 1.90 bits per heavy atom. The van der Waals surface area contributed by atoms with E-state index >= 15 is 0 Å². The minimum atomic E-state index is -0.489. The molecule has 0 radical (unpaired) electrons. The van der Waals surface area contributed by atoms with Crippen molar-refractivity contribution in [2.45, 2.75) is 69.9 Å². The van der Waals surface area contributed by atoms with E-state index in [1.807, 2.05) is 0 Å². The third-order valence-electron chi connectivity index (χ3n) is 5.21. The zero-order valence-electron chi connectivity index (χ0n) is 14.0. The summed E-state index contributed by atoms with van der Waals surface area (Å²) in [4.78, 5) is 14.9. The van der Waals surface area contributed by atoms with Gasteiger partial charge in [0, 0.05) is 12.6 Å². The van der Waals surface area contributed by atoms with Crippen LogP contribution in [0.3, 0.4) is 0 Å². The van der Waals surface area contributed by atoms with Crippen molar-refractivity contribution >= 4 is 5.97 Å². The first-order valence-corrected chi connectivity index (χ1v) is 8.67. The Morgan fingerprint density at radius 3 is 2.43 bits per heavy atom. The van der Waals surface area contributed by atoms with Gasteiger partial charge in [0.1, 0.15) is 5.54 Å². The van der Waals surface area contributed by atoms with Crippen LogP contribution in [-0.2, 0) is 9.53 Å². The molecule has 0 amide bonds. The van der Waals surface area contributed by atoms with Crippen LogP contribution in [0.5, 0.6) is 0 Å². The molecule has 21 heavy (non-hydrogen) atoms. The molecule has 0 heterocycles. The van der Waals surface area contributed by atoms with E-state index in [4.69, 9.17) is 4.74 Å². The molecule has 0 aromatic carbocycles. The first-order chi connectivity index (χ1) is 10.1. The van der Waals surface area contributed by atoms with Gasteiger partial charge in [0.2, 0.25) is 0 Å². The number of rotatable bonds is 8. The fourth-order valence-corrected chi connectivity index (χ4v) is 3.78. The molecule has 2 fully saturated rings. The topological polar surface area (TPSA) is 41.6 Å². The molecule has 2 aliphatic rings. The summed E-state index contributed by atoms with van der Waals surface area (Å²) in [6, 6.07) is 0.630. The first-order valence-electron chi connectivity index (χ1n) is 8.67. The smallest absolute Gasteiger partial charge is 0.327 e. The van der Waals surface area contributed by atoms with Crippen LogP contribution in [-0.4, -0.2) is 49.7 Å². The highest BCUT2D eigenvalue weighted by Gasteiger charge is 2.52. The lowest BCUT2D eigenvalue weighted by Crippen LogP contribution is -2.62. The molecule has 2 saturated carbocycles. The second kappa shape index (κ2) is 7.59. The van der Waals surface area contributed by atoms with Gasteiger partial charge in [-0.05, 0) is 51.6 Å². The molecule has 1 atom stereocenters. The van der Waals surface area contributed by atoms with Gasteiger partial charge in [-0.15, -0.1) is 0 Å². The van der Waals surface area contributed by atoms with E-state index in [0.717, 1.165) is 32.4 Å². The number of carbonyl (C=O) groups excluding carboxylic acids is 1. The van der Waals surface area contributed by atoms with Crippen LogP contribution in [0.2, 0.25) is 0 Å². The number of carbonyl (C=O) groups is 1. The fourth-order valence-electron chi connectivity index (χ4n) is 3.78. The van der Waals surface area contributed by atoms with E-state index < -0.39 is 5.54 Å². The third-order valence-corrected chi connectivity index (χ3v) is 5.21. The molecule has 4 nitrogen and oxygen atoms in total. The van der Waals surface area contributed by atoms with E-state index in [2.05, 4.69) is 24.2 Å². The van der Waals surface area contributed by atoms with Gasteiger partial charge in [0.25, 0.3) is 0 Å². The Morgan fingerprint density at radius 1 is 1.24 bits per heavy atom. The van der Waals surface area contributed by atoms with Crippen LogP contribution in [0.1, 0.15) is 58.3 Å². The molecule has 0 aromatic heterocycles. The van der Waals surface area contributed by atoms with Crippen molar-refractivity contribution in [3.8, 4) is 0 Å². The molecule has 2 aliphatic carbocycles. The lowest BCUT2D eigenvalue weighted by atomic mass is 9.89. The molecule has 4 heteroatoms. The second-order valence-corrected chi connectivity index (χ2v) is 6.87. The maximum absolute atomic E-state index is 12.5. The zero-order valence-corrected chi connectivity index (χ0v) is 14.0. The average Bonchev–Trinajstić information content (AvgIpc) is 3.36. The Kier molecular flexibility index (Phi) is 6.06. The summed E-state index contributed by atoms with van der Waals surface area (Å²) >= 11 is 0. The quantitative estimate of drug-likeness (QED) is 0.699. The molecule has 0 saturated heterocycles. The monoisotopic (exact) mass is 296 g/mol. The van der Waals surface area contributed by atoms with Gasteiger partial charge in [0.15, 0.2) is 0 Å². The van der Waals surface area contributed by atoms with Crippen LogP contribution in [0.15, 0.2) is 0 Å². The lowest BCUT2D eigenvalue weighted by Gasteiger charge is -2.40. The highest BCUT2D eigenvalue weighted by atomic mass is 16.5. The summed E-state index contributed by atoms with van der Waals surface area (Å²) in [5, 5.41) is 3.55. The SMILES string of the molecule is CCCNC(CN(C)C1CCCCC1)(C(=O)OC)C1CC1. The minimum Gasteiger partial charge on any atom is -0.468 e. The fraction of sp³-hybridized carbons (Fsp3) is 0.941. The number of nitrogens with zero attached hydrogens (tertiary/aromatic N) is 1. The molecular formula is C17H32N2O2. The zero-order chi connectivity index (χ0) is 15.3. The Hall–Kier alpha value is -0.610. The number of hydrogen-bond donors (Lipinski definition) is 1. The summed E-state index contributed by atoms with van der Waals surface area (Å²) < 4.78 is 5.17. The van der Waals surface area contributed by atoms with Crippen molar-refractivity contribution < 1.29 is 9.53 Å². The molecule has 122 valence electrons. The maximum atomic E-state index is 12.5. The van der Waals surface area contributed by atoms with E-state index in [-0.39, 0.29) is 5.97 Å². The van der Waals surface area contributed by atoms with Crippen molar-refractivity contribution in [3.63, 3.8) is 0 Å². The molecule has 2 rings (SSSR count). The number of methoxy groups -OCH3 is 1. The van der Waals surface area contributed by atoms with Crippen LogP contribution in [0.4, 0.5) is 0 Å². The van der Waals surface area contributed by atoms with Gasteiger partial charge in [-0.2, -0.15) is 0 Å². The lowest BCUT2D eigenvalue weighted by molar-refractivity contribution is -0.151. The van der Waals surface area contributed by atoms with Crippen molar-refractivity contribution in [1.82, 2.24) is 10.2 Å². The first kappa shape index (κ1) is 16.8. The Bertz CT molecular complexity index is 338. The normalized spacial score (nSPS) is 23.0. The molecule has 0 aliphatic heterocycles. The van der Waals surface area contributed by atoms with E-state index in [9.17, 15) is 4.79 Å². The van der Waals surface area contributed by atoms with Gasteiger partial charge >= 0.3 is 5.97 Å². The molecule has 0 bridgehead atoms. The Balaban J connectivity index is 2.07. The molecule has 1 N–H and O–H groups in total. The van der Waals surface area contributed by atoms with Gasteiger partial charge in [-0.1, -0.05) is 26.2 Å². The number of likely N-dealkylation sites (N-methyl/N-ethyl adjacent to an activating group) is 1. The summed E-state index contributed by atoms with van der Waals surface area (Å²) in [5.41, 5.74) is -0.489. The van der Waals surface area contributed by atoms with Crippen molar-refractivity contribution in [2.75, 3.05) is 27.2 Å². The molecular weight excluding hydrogens is 264 g/mol. The van der Waals surface area contributed by atoms with E-state index in [0.29, 0.717) is 12.0 Å². The van der Waals surface area contributed by atoms with Gasteiger partial charge < -0.3 is 15.0 Å². The summed E-state index contributed by atoms with van der Waals surface area (Å²) in [6.07, 6.45) is 9.88. The van der Waals surface area contributed by atoms with Crippen LogP contribution in [0, 0.1) is 5.92 Å². The molecule has 0 aromatic rings. The number of hydrogen-bond acceptors (Lipinski definition) is 4. The predicted octanol–water partition coefficient (Wildman–Crippen LogP) is 2.57. The van der Waals surface area contributed by atoms with Gasteiger partial charge in [0.05, 0.1) is 7.11 Å². The van der Waals surface area contributed by atoms with Gasteiger partial charge in [-0.25, -0.2) is 4.79 Å². The summed E-state index contributed by atoms with van der Waals surface area (Å²) in [7, 11) is 3.71. The largest absolute Gasteiger partial charge is 0.468 e. The average molecular weight is 296 g/mol. The standard InChI is InChI=1S/C17H32N2O2/c1-4-12-18-17(14-10-11-14,16(20)21-3)13-19(2)15-8-6-5-7-9-15/h14-15,18H,4-13H2,1-3H3. The van der Waals surface area contributed by atoms with E-state index in [1.54, 1.807) is 0 Å². The predicted molar refractivity (Wildman–Crippen MR) is 85.3 cm³/mol. The van der Waals surface area contributed by atoms with Crippen molar-refractivity contribution in [1.29, 1.82) is 0 Å². The number of ether oxygens (including phenoxy) is 1. The summed E-state index contributed by atoms with van der Waals surface area (Å²) in [6.45, 7) is 3.81. The van der Waals surface area contributed by atoms with Crippen LogP contribution < -0.4 is 5.32 Å². The third kappa shape index (κ3) is 3.98. The molecule has 1 unspecified atom stereocenters. The highest BCUT2D eigenvalue weighted by molar-refractivity contribution is 5.82. The van der Waals surface area contributed by atoms with Crippen molar-refractivity contribution in [3.05, 3.63) is 0 Å². The Labute approximate surface area is 129 Å². The molecule has 0 spiro atoms. The van der Waals surface area contributed by atoms with E-state index in [1.165, 1.54) is 39.2 Å². The number of nitrogens with one attached hydrogen (secondary N) is 1. The number of esters is 1. The van der Waals surface area contributed by atoms with Gasteiger partial charge in [-0.3, -0.25) is 0 Å². The van der Waals surface area contributed by atoms with Crippen LogP contribution >= 0.6 is 0 Å². The van der Waals surface area contributed by atoms with Crippen molar-refractivity contribution in [2.24, 2.45) is 5.92 Å². The highest BCUT2D eigenvalue weighted by Crippen LogP contribution is 2.41. The minimum absolute atomic E-state index is 0.0684.